The summed E-state index contributed by atoms with van der Waals surface area (Å²) in [5.41, 5.74) is 0.676. The van der Waals surface area contributed by atoms with Gasteiger partial charge in [-0.2, -0.15) is 0 Å². The summed E-state index contributed by atoms with van der Waals surface area (Å²) in [4.78, 5) is 12.1. The first-order valence-corrected chi connectivity index (χ1v) is 8.18. The van der Waals surface area contributed by atoms with Crippen LogP contribution in [0.2, 0.25) is 10.0 Å². The van der Waals surface area contributed by atoms with Crippen molar-refractivity contribution in [3.8, 4) is 5.75 Å². The molecular weight excluding hydrogens is 354 g/mol. The Hall–Kier alpha value is -1.78. The number of ether oxygens (including phenoxy) is 2. The highest BCUT2D eigenvalue weighted by atomic mass is 35.5. The number of hydrogen-bond donors (Lipinski definition) is 0. The van der Waals surface area contributed by atoms with Gasteiger partial charge in [-0.05, 0) is 54.8 Å². The van der Waals surface area contributed by atoms with Gasteiger partial charge in [-0.15, -0.1) is 0 Å². The lowest BCUT2D eigenvalue weighted by Crippen LogP contribution is -2.16. The van der Waals surface area contributed by atoms with Crippen LogP contribution in [0.4, 0.5) is 4.39 Å². The van der Waals surface area contributed by atoms with E-state index in [2.05, 4.69) is 0 Å². The summed E-state index contributed by atoms with van der Waals surface area (Å²) in [6.45, 7) is 0.393. The molecule has 0 bridgehead atoms. The molecule has 0 aromatic heterocycles. The van der Waals surface area contributed by atoms with Gasteiger partial charge in [0, 0.05) is 10.0 Å². The lowest BCUT2D eigenvalue weighted by molar-refractivity contribution is -0.142. The van der Waals surface area contributed by atoms with E-state index in [0.717, 1.165) is 0 Å². The van der Waals surface area contributed by atoms with Crippen molar-refractivity contribution in [2.24, 2.45) is 0 Å². The van der Waals surface area contributed by atoms with E-state index in [0.29, 0.717) is 40.8 Å². The van der Waals surface area contributed by atoms with Crippen LogP contribution in [0.5, 0.6) is 5.75 Å². The van der Waals surface area contributed by atoms with Crippen molar-refractivity contribution in [1.82, 2.24) is 0 Å². The molecule has 0 aliphatic rings. The Kier molecular flexibility index (Phi) is 6.88. The molecule has 2 aromatic carbocycles. The van der Waals surface area contributed by atoms with E-state index in [1.54, 1.807) is 30.3 Å². The van der Waals surface area contributed by atoms with Crippen molar-refractivity contribution < 1.29 is 18.7 Å². The first-order chi connectivity index (χ1) is 11.5. The van der Waals surface area contributed by atoms with Crippen LogP contribution in [-0.4, -0.2) is 19.7 Å². The number of methoxy groups -OCH3 is 1. The first-order valence-electron chi connectivity index (χ1n) is 7.42. The molecule has 6 heteroatoms. The fourth-order valence-electron chi connectivity index (χ4n) is 2.33. The molecule has 128 valence electrons. The van der Waals surface area contributed by atoms with Crippen molar-refractivity contribution in [2.75, 3.05) is 13.7 Å². The standard InChI is InChI=1S/C18H17Cl2FO3/c1-23-18(22)16(15-9-4-12(19)11-17(15)20)3-2-10-24-14-7-5-13(21)6-8-14/h4-9,11,16H,2-3,10H2,1H3/t16-/m1/s1. The number of carbonyl (C=O) groups is 1. The Morgan fingerprint density at radius 1 is 1.17 bits per heavy atom. The molecule has 1 atom stereocenters. The molecule has 0 saturated heterocycles. The average molecular weight is 371 g/mol. The summed E-state index contributed by atoms with van der Waals surface area (Å²) < 4.78 is 23.2. The van der Waals surface area contributed by atoms with Gasteiger partial charge < -0.3 is 9.47 Å². The molecule has 0 heterocycles. The Morgan fingerprint density at radius 3 is 2.50 bits per heavy atom. The Labute approximate surface area is 150 Å². The zero-order chi connectivity index (χ0) is 17.5. The molecule has 0 aliphatic carbocycles. The van der Waals surface area contributed by atoms with Gasteiger partial charge in [-0.1, -0.05) is 29.3 Å². The van der Waals surface area contributed by atoms with E-state index < -0.39 is 5.92 Å². The minimum atomic E-state index is -0.489. The maximum absolute atomic E-state index is 12.8. The molecule has 0 radical (unpaired) electrons. The summed E-state index contributed by atoms with van der Waals surface area (Å²) in [6, 6.07) is 10.8. The Morgan fingerprint density at radius 2 is 1.88 bits per heavy atom. The lowest BCUT2D eigenvalue weighted by atomic mass is 9.94. The third-order valence-corrected chi connectivity index (χ3v) is 4.11. The van der Waals surface area contributed by atoms with Gasteiger partial charge in [-0.3, -0.25) is 4.79 Å². The number of halogens is 3. The molecule has 0 amide bonds. The normalized spacial score (nSPS) is 11.8. The van der Waals surface area contributed by atoms with Gasteiger partial charge in [0.1, 0.15) is 11.6 Å². The SMILES string of the molecule is COC(=O)[C@H](CCCOc1ccc(F)cc1)c1ccc(Cl)cc1Cl. The van der Waals surface area contributed by atoms with Crippen molar-refractivity contribution in [3.05, 3.63) is 63.9 Å². The largest absolute Gasteiger partial charge is 0.494 e. The van der Waals surface area contributed by atoms with Gasteiger partial charge in [0.15, 0.2) is 0 Å². The molecule has 0 aliphatic heterocycles. The number of benzene rings is 2. The van der Waals surface area contributed by atoms with Crippen LogP contribution in [0.15, 0.2) is 42.5 Å². The second kappa shape index (κ2) is 8.90. The molecule has 0 spiro atoms. The van der Waals surface area contributed by atoms with Crippen LogP contribution in [0.3, 0.4) is 0 Å². The maximum atomic E-state index is 12.8. The van der Waals surface area contributed by atoms with Gasteiger partial charge in [0.2, 0.25) is 0 Å². The first kappa shape index (κ1) is 18.6. The van der Waals surface area contributed by atoms with Crippen molar-refractivity contribution in [3.63, 3.8) is 0 Å². The van der Waals surface area contributed by atoms with Crippen LogP contribution < -0.4 is 4.74 Å². The van der Waals surface area contributed by atoms with E-state index in [4.69, 9.17) is 32.7 Å². The Balaban J connectivity index is 1.96. The summed E-state index contributed by atoms with van der Waals surface area (Å²) >= 11 is 12.1. The summed E-state index contributed by atoms with van der Waals surface area (Å²) in [6.07, 6.45) is 1.12. The second-order valence-electron chi connectivity index (χ2n) is 5.19. The van der Waals surface area contributed by atoms with Crippen molar-refractivity contribution in [2.45, 2.75) is 18.8 Å². The fraction of sp³-hybridized carbons (Fsp3) is 0.278. The number of esters is 1. The van der Waals surface area contributed by atoms with Crippen LogP contribution in [0, 0.1) is 5.82 Å². The van der Waals surface area contributed by atoms with Gasteiger partial charge in [0.25, 0.3) is 0 Å². The second-order valence-corrected chi connectivity index (χ2v) is 6.03. The molecule has 2 rings (SSSR count). The highest BCUT2D eigenvalue weighted by Gasteiger charge is 2.23. The number of hydrogen-bond acceptors (Lipinski definition) is 3. The zero-order valence-electron chi connectivity index (χ0n) is 13.1. The highest BCUT2D eigenvalue weighted by Crippen LogP contribution is 2.31. The minimum absolute atomic E-state index is 0.314. The third-order valence-electron chi connectivity index (χ3n) is 3.54. The summed E-state index contributed by atoms with van der Waals surface area (Å²) in [5.74, 6) is -0.585. The average Bonchev–Trinajstić information content (AvgIpc) is 2.57. The molecule has 2 aromatic rings. The predicted molar refractivity (Wildman–Crippen MR) is 92.3 cm³/mol. The topological polar surface area (TPSA) is 35.5 Å². The van der Waals surface area contributed by atoms with Crippen LogP contribution in [-0.2, 0) is 9.53 Å². The lowest BCUT2D eigenvalue weighted by Gasteiger charge is -2.17. The van der Waals surface area contributed by atoms with E-state index in [1.807, 2.05) is 0 Å². The van der Waals surface area contributed by atoms with Gasteiger partial charge in [0.05, 0.1) is 19.6 Å². The monoisotopic (exact) mass is 370 g/mol. The smallest absolute Gasteiger partial charge is 0.313 e. The summed E-state index contributed by atoms with van der Waals surface area (Å²) in [5, 5.41) is 0.935. The third kappa shape index (κ3) is 5.11. The van der Waals surface area contributed by atoms with Gasteiger partial charge >= 0.3 is 5.97 Å². The van der Waals surface area contributed by atoms with E-state index in [-0.39, 0.29) is 11.8 Å². The fourth-order valence-corrected chi connectivity index (χ4v) is 2.88. The minimum Gasteiger partial charge on any atom is -0.494 e. The molecule has 0 saturated carbocycles. The van der Waals surface area contributed by atoms with E-state index in [1.165, 1.54) is 19.2 Å². The molecule has 0 fully saturated rings. The quantitative estimate of drug-likeness (QED) is 0.493. The molecule has 24 heavy (non-hydrogen) atoms. The number of rotatable bonds is 7. The molecule has 0 N–H and O–H groups in total. The van der Waals surface area contributed by atoms with Crippen LogP contribution in [0.25, 0.3) is 0 Å². The van der Waals surface area contributed by atoms with E-state index in [9.17, 15) is 9.18 Å². The van der Waals surface area contributed by atoms with Crippen molar-refractivity contribution in [1.29, 1.82) is 0 Å². The maximum Gasteiger partial charge on any atom is 0.313 e. The predicted octanol–water partition coefficient (Wildman–Crippen LogP) is 5.25. The number of carbonyl (C=O) groups excluding carboxylic acids is 1. The Bertz CT molecular complexity index is 689. The molecule has 3 nitrogen and oxygen atoms in total. The van der Waals surface area contributed by atoms with Crippen molar-refractivity contribution >= 4 is 29.2 Å². The van der Waals surface area contributed by atoms with Gasteiger partial charge in [-0.25, -0.2) is 4.39 Å². The zero-order valence-corrected chi connectivity index (χ0v) is 14.6. The van der Waals surface area contributed by atoms with Crippen LogP contribution >= 0.6 is 23.2 Å². The highest BCUT2D eigenvalue weighted by molar-refractivity contribution is 6.35. The van der Waals surface area contributed by atoms with Crippen LogP contribution in [0.1, 0.15) is 24.3 Å². The van der Waals surface area contributed by atoms with E-state index >= 15 is 0 Å². The molecule has 0 unspecified atom stereocenters. The summed E-state index contributed by atoms with van der Waals surface area (Å²) in [7, 11) is 1.34. The molecular formula is C18H17Cl2FO3.